The van der Waals surface area contributed by atoms with Gasteiger partial charge < -0.3 is 9.84 Å². The van der Waals surface area contributed by atoms with Gasteiger partial charge in [-0.3, -0.25) is 4.79 Å². The molecular weight excluding hydrogens is 400 g/mol. The van der Waals surface area contributed by atoms with Crippen LogP contribution in [-0.4, -0.2) is 17.7 Å². The van der Waals surface area contributed by atoms with Crippen LogP contribution >= 0.6 is 0 Å². The van der Waals surface area contributed by atoms with E-state index in [-0.39, 0.29) is 17.1 Å². The highest BCUT2D eigenvalue weighted by Crippen LogP contribution is 2.46. The summed E-state index contributed by atoms with van der Waals surface area (Å²) in [5.74, 6) is 0.0784. The number of para-hydroxylation sites is 1. The smallest absolute Gasteiger partial charge is 0.306 e. The van der Waals surface area contributed by atoms with Gasteiger partial charge in [0.25, 0.3) is 11.4 Å². The Balaban J connectivity index is 1.64. The van der Waals surface area contributed by atoms with E-state index in [0.29, 0.717) is 25.1 Å². The number of carbonyl (C=O) groups excluding carboxylic acids is 1. The number of ether oxygens (including phenoxy) is 1. The third-order valence-electron chi connectivity index (χ3n) is 5.88. The minimum Gasteiger partial charge on any atom is -0.502 e. The fourth-order valence-corrected chi connectivity index (χ4v) is 3.97. The van der Waals surface area contributed by atoms with Crippen LogP contribution in [0.5, 0.6) is 5.75 Å². The first-order valence-electron chi connectivity index (χ1n) is 11.9. The normalized spacial score (nSPS) is 12.7. The maximum Gasteiger partial charge on any atom is 0.306 e. The van der Waals surface area contributed by atoms with Gasteiger partial charge in [0, 0.05) is 29.2 Å². The summed E-state index contributed by atoms with van der Waals surface area (Å²) in [5, 5.41) is 15.5. The molecule has 5 nitrogen and oxygen atoms in total. The van der Waals surface area contributed by atoms with Gasteiger partial charge in [-0.05, 0) is 34.6 Å². The number of esters is 1. The van der Waals surface area contributed by atoms with E-state index >= 15 is 0 Å². The Morgan fingerprint density at radius 1 is 1.03 bits per heavy atom. The SMILES string of the molecule is CCCCCCCCOC(=O)CCc1cc([N+]2=Nc3ccccc32)c(O)c(C(C)(C)C)c1. The molecule has 172 valence electrons. The molecule has 2 aromatic carbocycles. The monoisotopic (exact) mass is 437 g/mol. The number of aromatic hydroxyl groups is 1. The van der Waals surface area contributed by atoms with Gasteiger partial charge in [0.15, 0.2) is 5.75 Å². The molecule has 5 heteroatoms. The highest BCUT2D eigenvalue weighted by Gasteiger charge is 2.35. The summed E-state index contributed by atoms with van der Waals surface area (Å²) in [6.07, 6.45) is 7.94. The maximum absolute atomic E-state index is 12.2. The van der Waals surface area contributed by atoms with E-state index < -0.39 is 0 Å². The Kier molecular flexibility index (Phi) is 8.05. The number of rotatable bonds is 11. The van der Waals surface area contributed by atoms with Crippen molar-refractivity contribution in [2.45, 2.75) is 84.5 Å². The molecule has 1 N–H and O–H groups in total. The quantitative estimate of drug-likeness (QED) is 0.192. The zero-order valence-electron chi connectivity index (χ0n) is 20.0. The zero-order valence-corrected chi connectivity index (χ0v) is 20.0. The minimum atomic E-state index is -0.239. The van der Waals surface area contributed by atoms with E-state index in [1.807, 2.05) is 36.4 Å². The summed E-state index contributed by atoms with van der Waals surface area (Å²) in [6.45, 7) is 8.94. The molecule has 0 spiro atoms. The van der Waals surface area contributed by atoms with E-state index in [9.17, 15) is 9.90 Å². The fraction of sp³-hybridized carbons (Fsp3) is 0.519. The third kappa shape index (κ3) is 5.96. The van der Waals surface area contributed by atoms with Crippen LogP contribution in [0.3, 0.4) is 0 Å². The molecule has 32 heavy (non-hydrogen) atoms. The molecule has 0 saturated heterocycles. The highest BCUT2D eigenvalue weighted by molar-refractivity contribution is 5.75. The van der Waals surface area contributed by atoms with E-state index in [1.165, 1.54) is 25.7 Å². The number of unbranched alkanes of at least 4 members (excludes halogenated alkanes) is 5. The number of phenolic OH excluding ortho intramolecular Hbond substituents is 1. The Morgan fingerprint density at radius 3 is 2.47 bits per heavy atom. The average molecular weight is 438 g/mol. The number of carbonyl (C=O) groups is 1. The second-order valence-corrected chi connectivity index (χ2v) is 9.65. The Bertz CT molecular complexity index is 973. The van der Waals surface area contributed by atoms with Crippen LogP contribution < -0.4 is 4.70 Å². The van der Waals surface area contributed by atoms with Crippen LogP contribution in [0.4, 0.5) is 17.1 Å². The molecule has 1 aliphatic heterocycles. The topological polar surface area (TPSA) is 61.9 Å². The van der Waals surface area contributed by atoms with Gasteiger partial charge in [0.1, 0.15) is 0 Å². The van der Waals surface area contributed by atoms with Crippen LogP contribution in [-0.2, 0) is 21.4 Å². The van der Waals surface area contributed by atoms with Crippen molar-refractivity contribution in [3.8, 4) is 5.75 Å². The molecule has 0 aromatic heterocycles. The number of phenols is 1. The van der Waals surface area contributed by atoms with Gasteiger partial charge in [-0.15, -0.1) is 0 Å². The van der Waals surface area contributed by atoms with Crippen LogP contribution in [0.25, 0.3) is 0 Å². The largest absolute Gasteiger partial charge is 0.502 e. The lowest BCUT2D eigenvalue weighted by atomic mass is 9.84. The third-order valence-corrected chi connectivity index (χ3v) is 5.88. The Hall–Kier alpha value is -2.69. The molecule has 2 aromatic rings. The van der Waals surface area contributed by atoms with Gasteiger partial charge >= 0.3 is 5.97 Å². The molecule has 0 unspecified atom stereocenters. The summed E-state index contributed by atoms with van der Waals surface area (Å²) >= 11 is 0. The van der Waals surface area contributed by atoms with Crippen LogP contribution in [0.1, 0.15) is 83.8 Å². The van der Waals surface area contributed by atoms with Gasteiger partial charge in [-0.1, -0.05) is 78.0 Å². The van der Waals surface area contributed by atoms with Crippen molar-refractivity contribution in [3.63, 3.8) is 0 Å². The van der Waals surface area contributed by atoms with Crippen molar-refractivity contribution in [1.82, 2.24) is 4.70 Å². The molecule has 0 bridgehead atoms. The van der Waals surface area contributed by atoms with E-state index in [2.05, 4.69) is 32.8 Å². The maximum atomic E-state index is 12.2. The zero-order chi connectivity index (χ0) is 23.1. The van der Waals surface area contributed by atoms with Crippen molar-refractivity contribution in [2.75, 3.05) is 6.61 Å². The summed E-state index contributed by atoms with van der Waals surface area (Å²) in [5.41, 5.74) is 4.15. The molecule has 1 heterocycles. The summed E-state index contributed by atoms with van der Waals surface area (Å²) in [7, 11) is 0. The van der Waals surface area contributed by atoms with Gasteiger partial charge in [-0.25, -0.2) is 0 Å². The highest BCUT2D eigenvalue weighted by atomic mass is 16.5. The lowest BCUT2D eigenvalue weighted by Crippen LogP contribution is -2.15. The number of hydrogen-bond donors (Lipinski definition) is 1. The molecule has 0 radical (unpaired) electrons. The van der Waals surface area contributed by atoms with Crippen LogP contribution in [0.15, 0.2) is 41.5 Å². The first-order valence-corrected chi connectivity index (χ1v) is 11.9. The number of nitrogens with zero attached hydrogens (tertiary/aromatic N) is 2. The molecule has 0 fully saturated rings. The number of aryl methyl sites for hydroxylation is 1. The van der Waals surface area contributed by atoms with E-state index in [0.717, 1.165) is 35.3 Å². The molecule has 0 aliphatic carbocycles. The van der Waals surface area contributed by atoms with E-state index in [4.69, 9.17) is 4.74 Å². The molecule has 0 amide bonds. The molecule has 0 saturated carbocycles. The summed E-state index contributed by atoms with van der Waals surface area (Å²) in [6, 6.07) is 11.8. The van der Waals surface area contributed by atoms with Crippen LogP contribution in [0, 0.1) is 0 Å². The van der Waals surface area contributed by atoms with Gasteiger partial charge in [0.05, 0.1) is 6.61 Å². The predicted molar refractivity (Wildman–Crippen MR) is 129 cm³/mol. The number of benzene rings is 2. The number of azo groups is 2. The Morgan fingerprint density at radius 2 is 1.75 bits per heavy atom. The molecule has 1 aliphatic rings. The number of fused-ring (bicyclic) bond motifs is 1. The number of hydrogen-bond acceptors (Lipinski definition) is 4. The minimum absolute atomic E-state index is 0.163. The van der Waals surface area contributed by atoms with Crippen molar-refractivity contribution in [3.05, 3.63) is 47.5 Å². The average Bonchev–Trinajstić information content (AvgIpc) is 2.73. The van der Waals surface area contributed by atoms with Gasteiger partial charge in [0.2, 0.25) is 5.69 Å². The van der Waals surface area contributed by atoms with Crippen molar-refractivity contribution in [2.24, 2.45) is 5.11 Å². The second-order valence-electron chi connectivity index (χ2n) is 9.65. The molecular formula is C27H37N2O3+. The van der Waals surface area contributed by atoms with Crippen LogP contribution in [0.2, 0.25) is 0 Å². The van der Waals surface area contributed by atoms with Crippen molar-refractivity contribution in [1.29, 1.82) is 0 Å². The van der Waals surface area contributed by atoms with Gasteiger partial charge in [-0.2, -0.15) is 0 Å². The Labute approximate surface area is 192 Å². The standard InChI is InChI=1S/C27H36N2O3/c1-5-6-7-8-9-12-17-32-25(30)16-15-20-18-21(27(2,3)4)26(31)24(19-20)29-23-14-11-10-13-22(23)28-29/h10-11,13-14,18-19H,5-9,12,15-17H2,1-4H3/p+1. The van der Waals surface area contributed by atoms with E-state index in [1.54, 1.807) is 4.70 Å². The van der Waals surface area contributed by atoms with Crippen molar-refractivity contribution >= 4 is 23.0 Å². The van der Waals surface area contributed by atoms with Crippen molar-refractivity contribution < 1.29 is 14.6 Å². The lowest BCUT2D eigenvalue weighted by molar-refractivity contribution is -0.143. The lowest BCUT2D eigenvalue weighted by Gasteiger charge is -2.22. The fourth-order valence-electron chi connectivity index (χ4n) is 3.97. The molecule has 3 rings (SSSR count). The summed E-state index contributed by atoms with van der Waals surface area (Å²) in [4.78, 5) is 12.2. The first-order chi connectivity index (χ1) is 15.3. The summed E-state index contributed by atoms with van der Waals surface area (Å²) < 4.78 is 7.21. The first kappa shape index (κ1) is 24.0. The second kappa shape index (κ2) is 10.8. The molecule has 0 atom stereocenters. The predicted octanol–water partition coefficient (Wildman–Crippen LogP) is 7.46.